The number of aryl methyl sites for hydroxylation is 1. The molecule has 0 aliphatic rings. The third-order valence-corrected chi connectivity index (χ3v) is 5.92. The van der Waals surface area contributed by atoms with Crippen LogP contribution in [-0.4, -0.2) is 26.3 Å². The zero-order chi connectivity index (χ0) is 22.0. The van der Waals surface area contributed by atoms with Gasteiger partial charge in [0, 0.05) is 36.5 Å². The molecule has 0 unspecified atom stereocenters. The third-order valence-electron chi connectivity index (χ3n) is 4.35. The Morgan fingerprint density at radius 2 is 2.03 bits per heavy atom. The van der Waals surface area contributed by atoms with Gasteiger partial charge in [-0.25, -0.2) is 14.4 Å². The highest BCUT2D eigenvalue weighted by Gasteiger charge is 2.13. The quantitative estimate of drug-likeness (QED) is 0.459. The number of rotatable bonds is 6. The Hall–Kier alpha value is -3.44. The lowest BCUT2D eigenvalue weighted by Gasteiger charge is -2.06. The summed E-state index contributed by atoms with van der Waals surface area (Å²) in [4.78, 5) is 44.9. The Morgan fingerprint density at radius 3 is 2.81 bits per heavy atom. The lowest BCUT2D eigenvalue weighted by atomic mass is 10.1. The van der Waals surface area contributed by atoms with Crippen LogP contribution >= 0.6 is 22.7 Å². The highest BCUT2D eigenvalue weighted by atomic mass is 32.1. The summed E-state index contributed by atoms with van der Waals surface area (Å²) in [6.45, 7) is 1.52. The minimum absolute atomic E-state index is 0.0614. The number of nitrogens with one attached hydrogen (secondary N) is 2. The van der Waals surface area contributed by atoms with Gasteiger partial charge in [-0.15, -0.1) is 22.7 Å². The average Bonchev–Trinajstić information content (AvgIpc) is 3.37. The van der Waals surface area contributed by atoms with Crippen LogP contribution in [0.15, 0.2) is 46.1 Å². The lowest BCUT2D eigenvalue weighted by molar-refractivity contribution is -0.116. The molecule has 0 radical (unpaired) electrons. The zero-order valence-electron chi connectivity index (χ0n) is 16.2. The van der Waals surface area contributed by atoms with E-state index in [1.165, 1.54) is 52.6 Å². The molecule has 2 N–H and O–H groups in total. The van der Waals surface area contributed by atoms with E-state index in [2.05, 4.69) is 20.6 Å². The Kier molecular flexibility index (Phi) is 5.87. The molecule has 4 aromatic rings. The van der Waals surface area contributed by atoms with Crippen molar-refractivity contribution in [3.8, 4) is 11.3 Å². The van der Waals surface area contributed by atoms with Crippen molar-refractivity contribution < 1.29 is 14.0 Å². The summed E-state index contributed by atoms with van der Waals surface area (Å²) in [5.41, 5.74) is 0.791. The van der Waals surface area contributed by atoms with E-state index < -0.39 is 5.82 Å². The molecule has 3 heterocycles. The summed E-state index contributed by atoms with van der Waals surface area (Å²) < 4.78 is 15.8. The first-order valence-corrected chi connectivity index (χ1v) is 10.9. The first kappa shape index (κ1) is 20.8. The van der Waals surface area contributed by atoms with Gasteiger partial charge >= 0.3 is 0 Å². The van der Waals surface area contributed by atoms with Crippen LogP contribution in [0.1, 0.15) is 13.3 Å². The lowest BCUT2D eigenvalue weighted by Crippen LogP contribution is -2.23. The van der Waals surface area contributed by atoms with Crippen LogP contribution in [0.5, 0.6) is 0 Å². The number of nitrogens with zero attached hydrogens (tertiary/aromatic N) is 3. The van der Waals surface area contributed by atoms with Crippen LogP contribution in [-0.2, 0) is 16.1 Å². The predicted molar refractivity (Wildman–Crippen MR) is 119 cm³/mol. The van der Waals surface area contributed by atoms with E-state index >= 15 is 0 Å². The van der Waals surface area contributed by atoms with E-state index in [9.17, 15) is 18.8 Å². The molecule has 158 valence electrons. The number of hydrogen-bond donors (Lipinski definition) is 2. The predicted octanol–water partition coefficient (Wildman–Crippen LogP) is 3.71. The van der Waals surface area contributed by atoms with Crippen LogP contribution < -0.4 is 16.2 Å². The minimum Gasteiger partial charge on any atom is -0.326 e. The SMILES string of the molecule is CC(=O)Nc1ccc(-c2csc(NC(=O)CCn3cnc4sccc4c3=O)n2)c(F)c1. The van der Waals surface area contributed by atoms with Crippen molar-refractivity contribution >= 4 is 55.5 Å². The number of fused-ring (bicyclic) bond motifs is 1. The largest absolute Gasteiger partial charge is 0.326 e. The highest BCUT2D eigenvalue weighted by molar-refractivity contribution is 7.16. The second kappa shape index (κ2) is 8.74. The number of carbonyl (C=O) groups is 2. The molecule has 1 aromatic carbocycles. The molecule has 31 heavy (non-hydrogen) atoms. The molecular formula is C20H16FN5O3S2. The zero-order valence-corrected chi connectivity index (χ0v) is 17.8. The first-order chi connectivity index (χ1) is 14.9. The van der Waals surface area contributed by atoms with E-state index in [1.807, 2.05) is 0 Å². The van der Waals surface area contributed by atoms with Gasteiger partial charge in [-0.2, -0.15) is 0 Å². The van der Waals surface area contributed by atoms with Gasteiger partial charge in [-0.3, -0.25) is 19.0 Å². The van der Waals surface area contributed by atoms with Crippen molar-refractivity contribution in [3.63, 3.8) is 0 Å². The van der Waals surface area contributed by atoms with Crippen molar-refractivity contribution in [1.29, 1.82) is 0 Å². The van der Waals surface area contributed by atoms with Gasteiger partial charge < -0.3 is 10.6 Å². The summed E-state index contributed by atoms with van der Waals surface area (Å²) in [5, 5.41) is 9.46. The summed E-state index contributed by atoms with van der Waals surface area (Å²) in [6.07, 6.45) is 1.50. The molecule has 0 saturated carbocycles. The minimum atomic E-state index is -0.537. The second-order valence-electron chi connectivity index (χ2n) is 6.59. The van der Waals surface area contributed by atoms with Crippen molar-refractivity contribution in [2.75, 3.05) is 10.6 Å². The number of hydrogen-bond acceptors (Lipinski definition) is 7. The Balaban J connectivity index is 1.40. The summed E-state index contributed by atoms with van der Waals surface area (Å²) in [7, 11) is 0. The van der Waals surface area contributed by atoms with Gasteiger partial charge in [-0.1, -0.05) is 0 Å². The number of carbonyl (C=O) groups excluding carboxylic acids is 2. The maximum Gasteiger partial charge on any atom is 0.262 e. The third kappa shape index (κ3) is 4.67. The van der Waals surface area contributed by atoms with Gasteiger partial charge in [0.2, 0.25) is 11.8 Å². The average molecular weight is 458 g/mol. The standard InChI is InChI=1S/C20H16FN5O3S2/c1-11(27)23-12-2-3-13(15(21)8-12)16-9-31-20(24-16)25-17(28)4-6-26-10-22-18-14(19(26)29)5-7-30-18/h2-3,5,7-10H,4,6H2,1H3,(H,23,27)(H,24,25,28). The van der Waals surface area contributed by atoms with Gasteiger partial charge in [0.1, 0.15) is 10.6 Å². The summed E-state index contributed by atoms with van der Waals surface area (Å²) in [5.74, 6) is -1.15. The number of halogens is 1. The molecular weight excluding hydrogens is 441 g/mol. The van der Waals surface area contributed by atoms with Crippen molar-refractivity contribution in [3.05, 3.63) is 57.5 Å². The fraction of sp³-hybridized carbons (Fsp3) is 0.150. The van der Waals surface area contributed by atoms with E-state index in [1.54, 1.807) is 22.9 Å². The van der Waals surface area contributed by atoms with E-state index in [0.717, 1.165) is 0 Å². The van der Waals surface area contributed by atoms with Crippen LogP contribution in [0.2, 0.25) is 0 Å². The fourth-order valence-electron chi connectivity index (χ4n) is 2.92. The molecule has 0 saturated heterocycles. The molecule has 8 nitrogen and oxygen atoms in total. The van der Waals surface area contributed by atoms with Crippen LogP contribution in [0.3, 0.4) is 0 Å². The number of anilines is 2. The Morgan fingerprint density at radius 1 is 1.19 bits per heavy atom. The van der Waals surface area contributed by atoms with Crippen LogP contribution in [0.25, 0.3) is 21.5 Å². The Labute approximate surface area is 183 Å². The maximum atomic E-state index is 14.4. The molecule has 0 atom stereocenters. The molecule has 0 spiro atoms. The fourth-order valence-corrected chi connectivity index (χ4v) is 4.37. The van der Waals surface area contributed by atoms with E-state index in [0.29, 0.717) is 26.7 Å². The first-order valence-electron chi connectivity index (χ1n) is 9.16. The van der Waals surface area contributed by atoms with Crippen molar-refractivity contribution in [2.24, 2.45) is 0 Å². The van der Waals surface area contributed by atoms with E-state index in [4.69, 9.17) is 0 Å². The molecule has 0 aliphatic heterocycles. The monoisotopic (exact) mass is 457 g/mol. The molecule has 3 aromatic heterocycles. The second-order valence-corrected chi connectivity index (χ2v) is 8.35. The molecule has 0 fully saturated rings. The topological polar surface area (TPSA) is 106 Å². The smallest absolute Gasteiger partial charge is 0.262 e. The van der Waals surface area contributed by atoms with Crippen LogP contribution in [0.4, 0.5) is 15.2 Å². The summed E-state index contributed by atoms with van der Waals surface area (Å²) in [6, 6.07) is 6.02. The van der Waals surface area contributed by atoms with Gasteiger partial charge in [0.25, 0.3) is 5.56 Å². The van der Waals surface area contributed by atoms with Crippen molar-refractivity contribution in [2.45, 2.75) is 19.9 Å². The van der Waals surface area contributed by atoms with Gasteiger partial charge in [-0.05, 0) is 29.6 Å². The number of thiazole rings is 1. The molecule has 2 amide bonds. The normalized spacial score (nSPS) is 10.9. The highest BCUT2D eigenvalue weighted by Crippen LogP contribution is 2.28. The molecule has 0 aliphatic carbocycles. The van der Waals surface area contributed by atoms with Crippen LogP contribution in [0, 0.1) is 5.82 Å². The molecule has 0 bridgehead atoms. The number of amides is 2. The van der Waals surface area contributed by atoms with E-state index in [-0.39, 0.29) is 35.9 Å². The van der Waals surface area contributed by atoms with Gasteiger partial charge in [0.05, 0.1) is 17.4 Å². The number of thiophene rings is 1. The molecule has 4 rings (SSSR count). The summed E-state index contributed by atoms with van der Waals surface area (Å²) >= 11 is 2.55. The van der Waals surface area contributed by atoms with Crippen molar-refractivity contribution in [1.82, 2.24) is 14.5 Å². The number of benzene rings is 1. The van der Waals surface area contributed by atoms with Gasteiger partial charge in [0.15, 0.2) is 5.13 Å². The number of aromatic nitrogens is 3. The Bertz CT molecular complexity index is 1340. The maximum absolute atomic E-state index is 14.4. The molecule has 11 heteroatoms.